The van der Waals surface area contributed by atoms with Gasteiger partial charge in [-0.3, -0.25) is 14.4 Å². The van der Waals surface area contributed by atoms with Crippen LogP contribution < -0.4 is 16.4 Å². The molecule has 0 aliphatic heterocycles. The lowest BCUT2D eigenvalue weighted by molar-refractivity contribution is -0.119. The molecule has 1 aromatic carbocycles. The maximum Gasteiger partial charge on any atom is 0.254 e. The Bertz CT molecular complexity index is 604. The molecule has 1 rings (SSSR count). The summed E-state index contributed by atoms with van der Waals surface area (Å²) in [5.41, 5.74) is 7.01. The minimum absolute atomic E-state index is 0.279. The van der Waals surface area contributed by atoms with Gasteiger partial charge in [0.1, 0.15) is 6.04 Å². The van der Waals surface area contributed by atoms with Gasteiger partial charge in [-0.2, -0.15) is 0 Å². The second kappa shape index (κ2) is 7.97. The monoisotopic (exact) mass is 303 g/mol. The van der Waals surface area contributed by atoms with Crippen molar-refractivity contribution in [1.82, 2.24) is 5.32 Å². The second-order valence-corrected chi connectivity index (χ2v) is 5.17. The van der Waals surface area contributed by atoms with Crippen LogP contribution >= 0.6 is 0 Å². The van der Waals surface area contributed by atoms with E-state index in [4.69, 9.17) is 5.73 Å². The number of primary amides is 1. The number of carbonyl (C=O) groups excluding carboxylic acids is 3. The van der Waals surface area contributed by atoms with Gasteiger partial charge in [0, 0.05) is 6.92 Å². The van der Waals surface area contributed by atoms with Crippen LogP contribution in [0.15, 0.2) is 35.9 Å². The molecule has 0 aliphatic carbocycles. The molecule has 0 radical (unpaired) electrons. The van der Waals surface area contributed by atoms with Crippen LogP contribution in [0.3, 0.4) is 0 Å². The van der Waals surface area contributed by atoms with Crippen LogP contribution in [-0.2, 0) is 9.59 Å². The molecule has 0 saturated heterocycles. The van der Waals surface area contributed by atoms with Gasteiger partial charge in [-0.25, -0.2) is 0 Å². The number of carbonyl (C=O) groups is 3. The van der Waals surface area contributed by atoms with Crippen LogP contribution in [0, 0.1) is 0 Å². The highest BCUT2D eigenvalue weighted by molar-refractivity contribution is 6.04. The van der Waals surface area contributed by atoms with Crippen molar-refractivity contribution in [2.24, 2.45) is 5.73 Å². The number of hydrogen-bond acceptors (Lipinski definition) is 3. The molecule has 0 heterocycles. The molecule has 6 nitrogen and oxygen atoms in total. The lowest BCUT2D eigenvalue weighted by Crippen LogP contribution is -2.44. The van der Waals surface area contributed by atoms with E-state index in [1.165, 1.54) is 6.92 Å². The highest BCUT2D eigenvalue weighted by atomic mass is 16.2. The van der Waals surface area contributed by atoms with Crippen LogP contribution in [0.4, 0.5) is 5.69 Å². The normalized spacial score (nSPS) is 11.2. The zero-order valence-electron chi connectivity index (χ0n) is 13.0. The number of allylic oxidation sites excluding steroid dienone is 1. The number of para-hydroxylation sites is 1. The molecule has 0 saturated carbocycles. The van der Waals surface area contributed by atoms with Gasteiger partial charge in [0.05, 0.1) is 11.3 Å². The van der Waals surface area contributed by atoms with E-state index in [1.807, 2.05) is 19.9 Å². The van der Waals surface area contributed by atoms with E-state index < -0.39 is 17.9 Å². The number of hydrogen-bond donors (Lipinski definition) is 3. The van der Waals surface area contributed by atoms with Gasteiger partial charge >= 0.3 is 0 Å². The van der Waals surface area contributed by atoms with E-state index >= 15 is 0 Å². The van der Waals surface area contributed by atoms with E-state index in [1.54, 1.807) is 24.3 Å². The lowest BCUT2D eigenvalue weighted by atomic mass is 10.1. The summed E-state index contributed by atoms with van der Waals surface area (Å²) in [5.74, 6) is -1.35. The highest BCUT2D eigenvalue weighted by Crippen LogP contribution is 2.15. The van der Waals surface area contributed by atoms with Crippen molar-refractivity contribution in [2.75, 3.05) is 5.32 Å². The van der Waals surface area contributed by atoms with Crippen LogP contribution in [0.2, 0.25) is 0 Å². The molecular formula is C16H21N3O3. The second-order valence-electron chi connectivity index (χ2n) is 5.17. The molecule has 0 aromatic heterocycles. The van der Waals surface area contributed by atoms with Crippen LogP contribution in [-0.4, -0.2) is 23.8 Å². The topological polar surface area (TPSA) is 101 Å². The minimum Gasteiger partial charge on any atom is -0.368 e. The molecule has 22 heavy (non-hydrogen) atoms. The van der Waals surface area contributed by atoms with Crippen molar-refractivity contribution in [2.45, 2.75) is 33.2 Å². The van der Waals surface area contributed by atoms with Gasteiger partial charge in [-0.15, -0.1) is 0 Å². The first kappa shape index (κ1) is 17.4. The number of amides is 3. The average molecular weight is 303 g/mol. The first-order valence-electron chi connectivity index (χ1n) is 6.91. The summed E-state index contributed by atoms with van der Waals surface area (Å²) in [6.45, 7) is 5.15. The molecule has 6 heteroatoms. The molecule has 0 spiro atoms. The Labute approximate surface area is 129 Å². The Hall–Kier alpha value is -2.63. The quantitative estimate of drug-likeness (QED) is 0.695. The van der Waals surface area contributed by atoms with E-state index in [0.717, 1.165) is 5.57 Å². The van der Waals surface area contributed by atoms with Crippen LogP contribution in [0.1, 0.15) is 37.6 Å². The summed E-state index contributed by atoms with van der Waals surface area (Å²) in [7, 11) is 0. The van der Waals surface area contributed by atoms with E-state index in [9.17, 15) is 14.4 Å². The fraction of sp³-hybridized carbons (Fsp3) is 0.312. The minimum atomic E-state index is -0.798. The van der Waals surface area contributed by atoms with E-state index in [-0.39, 0.29) is 11.5 Å². The smallest absolute Gasteiger partial charge is 0.254 e. The number of nitrogens with one attached hydrogen (secondary N) is 2. The molecule has 0 unspecified atom stereocenters. The fourth-order valence-electron chi connectivity index (χ4n) is 1.82. The molecule has 0 fully saturated rings. The largest absolute Gasteiger partial charge is 0.368 e. The summed E-state index contributed by atoms with van der Waals surface area (Å²) in [6, 6.07) is 5.77. The van der Waals surface area contributed by atoms with Gasteiger partial charge in [0.15, 0.2) is 0 Å². The predicted molar refractivity (Wildman–Crippen MR) is 85.2 cm³/mol. The Kier molecular flexibility index (Phi) is 6.31. The lowest BCUT2D eigenvalue weighted by Gasteiger charge is -2.16. The van der Waals surface area contributed by atoms with Crippen molar-refractivity contribution in [3.63, 3.8) is 0 Å². The number of nitrogens with two attached hydrogens (primary N) is 1. The van der Waals surface area contributed by atoms with Gasteiger partial charge in [-0.05, 0) is 32.4 Å². The Balaban J connectivity index is 2.93. The number of rotatable bonds is 6. The Morgan fingerprint density at radius 3 is 2.36 bits per heavy atom. The molecule has 4 N–H and O–H groups in total. The maximum absolute atomic E-state index is 12.3. The third kappa shape index (κ3) is 5.40. The van der Waals surface area contributed by atoms with Gasteiger partial charge in [0.25, 0.3) is 5.91 Å². The molecule has 0 bridgehead atoms. The summed E-state index contributed by atoms with van der Waals surface area (Å²) in [4.78, 5) is 34.9. The molecule has 1 aromatic rings. The SMILES string of the molecule is CC(=O)Nc1ccccc1C(=O)N[C@H](CC=C(C)C)C(N)=O. The van der Waals surface area contributed by atoms with Crippen molar-refractivity contribution in [1.29, 1.82) is 0 Å². The first-order chi connectivity index (χ1) is 10.3. The number of anilines is 1. The van der Waals surface area contributed by atoms with E-state index in [0.29, 0.717) is 12.1 Å². The van der Waals surface area contributed by atoms with Gasteiger partial charge in [0.2, 0.25) is 11.8 Å². The fourth-order valence-corrected chi connectivity index (χ4v) is 1.82. The third-order valence-electron chi connectivity index (χ3n) is 2.89. The van der Waals surface area contributed by atoms with Gasteiger partial charge in [-0.1, -0.05) is 23.8 Å². The average Bonchev–Trinajstić information content (AvgIpc) is 2.42. The van der Waals surface area contributed by atoms with Crippen molar-refractivity contribution < 1.29 is 14.4 Å². The maximum atomic E-state index is 12.3. The van der Waals surface area contributed by atoms with Crippen molar-refractivity contribution >= 4 is 23.4 Å². The summed E-state index contributed by atoms with van der Waals surface area (Å²) in [5, 5.41) is 5.17. The molecular weight excluding hydrogens is 282 g/mol. The summed E-state index contributed by atoms with van der Waals surface area (Å²) in [6.07, 6.45) is 2.15. The first-order valence-corrected chi connectivity index (χ1v) is 6.91. The van der Waals surface area contributed by atoms with Crippen molar-refractivity contribution in [3.8, 4) is 0 Å². The Morgan fingerprint density at radius 2 is 1.82 bits per heavy atom. The standard InChI is InChI=1S/C16H21N3O3/c1-10(2)8-9-14(15(17)21)19-16(22)12-6-4-5-7-13(12)18-11(3)20/h4-8,14H,9H2,1-3H3,(H2,17,21)(H,18,20)(H,19,22)/t14-/m1/s1. The zero-order chi connectivity index (χ0) is 16.7. The zero-order valence-corrected chi connectivity index (χ0v) is 13.0. The Morgan fingerprint density at radius 1 is 1.18 bits per heavy atom. The predicted octanol–water partition coefficient (Wildman–Crippen LogP) is 1.58. The summed E-state index contributed by atoms with van der Waals surface area (Å²) >= 11 is 0. The number of benzene rings is 1. The molecule has 3 amide bonds. The highest BCUT2D eigenvalue weighted by Gasteiger charge is 2.19. The van der Waals surface area contributed by atoms with Crippen molar-refractivity contribution in [3.05, 3.63) is 41.5 Å². The molecule has 1 atom stereocenters. The molecule has 0 aliphatic rings. The molecule has 118 valence electrons. The summed E-state index contributed by atoms with van der Waals surface area (Å²) < 4.78 is 0. The van der Waals surface area contributed by atoms with Crippen LogP contribution in [0.5, 0.6) is 0 Å². The van der Waals surface area contributed by atoms with Gasteiger partial charge < -0.3 is 16.4 Å². The van der Waals surface area contributed by atoms with Crippen LogP contribution in [0.25, 0.3) is 0 Å². The van der Waals surface area contributed by atoms with E-state index in [2.05, 4.69) is 10.6 Å². The third-order valence-corrected chi connectivity index (χ3v) is 2.89.